The van der Waals surface area contributed by atoms with Gasteiger partial charge >= 0.3 is 0 Å². The number of halogens is 2. The molecule has 0 aliphatic carbocycles. The van der Waals surface area contributed by atoms with Crippen LogP contribution in [0.15, 0.2) is 42.5 Å². The number of ether oxygens (including phenoxy) is 1. The zero-order valence-corrected chi connectivity index (χ0v) is 15.2. The van der Waals surface area contributed by atoms with E-state index in [1.165, 1.54) is 0 Å². The van der Waals surface area contributed by atoms with Crippen LogP contribution in [0.25, 0.3) is 0 Å². The second-order valence-electron chi connectivity index (χ2n) is 5.72. The van der Waals surface area contributed by atoms with Gasteiger partial charge in [-0.3, -0.25) is 4.79 Å². The van der Waals surface area contributed by atoms with Gasteiger partial charge in [0.1, 0.15) is 11.8 Å². The molecule has 2 aromatic rings. The fourth-order valence-corrected chi connectivity index (χ4v) is 3.08. The molecule has 0 spiro atoms. The largest absolute Gasteiger partial charge is 0.494 e. The first-order valence-corrected chi connectivity index (χ1v) is 8.82. The molecule has 1 aliphatic heterocycles. The summed E-state index contributed by atoms with van der Waals surface area (Å²) in [6.07, 6.45) is 0.623. The monoisotopic (exact) mass is 379 g/mol. The van der Waals surface area contributed by atoms with Crippen molar-refractivity contribution >= 4 is 34.8 Å². The average Bonchev–Trinajstić information content (AvgIpc) is 3.10. The molecule has 3 rings (SSSR count). The maximum absolute atomic E-state index is 12.5. The molecule has 1 aliphatic rings. The Morgan fingerprint density at radius 1 is 1.20 bits per heavy atom. The van der Waals surface area contributed by atoms with Gasteiger partial charge in [0.25, 0.3) is 0 Å². The predicted octanol–water partition coefficient (Wildman–Crippen LogP) is 3.94. The molecule has 2 aromatic carbocycles. The molecule has 2 atom stereocenters. The Bertz CT molecular complexity index is 752. The van der Waals surface area contributed by atoms with Gasteiger partial charge in [-0.2, -0.15) is 0 Å². The van der Waals surface area contributed by atoms with Crippen LogP contribution in [-0.2, 0) is 4.79 Å². The Morgan fingerprint density at radius 2 is 1.96 bits per heavy atom. The highest BCUT2D eigenvalue weighted by atomic mass is 35.5. The maximum atomic E-state index is 12.5. The molecule has 1 amide bonds. The van der Waals surface area contributed by atoms with Gasteiger partial charge in [-0.1, -0.05) is 41.4 Å². The van der Waals surface area contributed by atoms with Gasteiger partial charge in [0, 0.05) is 6.04 Å². The van der Waals surface area contributed by atoms with Crippen LogP contribution < -0.4 is 20.9 Å². The Morgan fingerprint density at radius 3 is 2.68 bits per heavy atom. The standard InChI is InChI=1S/C18H19Cl2N3O2/c1-2-25-12-8-6-11(7-9-12)15-10-16(23-22-15)18(24)21-14-5-3-4-13(19)17(14)20/h3-9,15-16,22-23H,2,10H2,1H3,(H,21,24). The molecule has 0 aromatic heterocycles. The van der Waals surface area contributed by atoms with Crippen molar-refractivity contribution in [2.24, 2.45) is 0 Å². The van der Waals surface area contributed by atoms with Gasteiger partial charge in [0.2, 0.25) is 5.91 Å². The molecule has 0 radical (unpaired) electrons. The molecule has 7 heteroatoms. The van der Waals surface area contributed by atoms with Crippen molar-refractivity contribution in [2.45, 2.75) is 25.4 Å². The minimum Gasteiger partial charge on any atom is -0.494 e. The minimum absolute atomic E-state index is 0.0428. The second-order valence-corrected chi connectivity index (χ2v) is 6.51. The van der Waals surface area contributed by atoms with E-state index in [1.54, 1.807) is 18.2 Å². The lowest BCUT2D eigenvalue weighted by atomic mass is 10.0. The zero-order chi connectivity index (χ0) is 17.8. The van der Waals surface area contributed by atoms with Gasteiger partial charge in [-0.25, -0.2) is 10.9 Å². The van der Waals surface area contributed by atoms with Crippen LogP contribution in [0.1, 0.15) is 24.9 Å². The summed E-state index contributed by atoms with van der Waals surface area (Å²) in [7, 11) is 0. The molecule has 0 saturated carbocycles. The molecule has 132 valence electrons. The first kappa shape index (κ1) is 18.0. The molecule has 25 heavy (non-hydrogen) atoms. The number of rotatable bonds is 5. The topological polar surface area (TPSA) is 62.4 Å². The zero-order valence-electron chi connectivity index (χ0n) is 13.7. The summed E-state index contributed by atoms with van der Waals surface area (Å²) in [5.41, 5.74) is 7.78. The molecule has 1 fully saturated rings. The SMILES string of the molecule is CCOc1ccc(C2CC(C(=O)Nc3cccc(Cl)c3Cl)NN2)cc1. The summed E-state index contributed by atoms with van der Waals surface area (Å²) in [5.74, 6) is 0.673. The Hall–Kier alpha value is -1.79. The number of anilines is 1. The number of hydrogen-bond donors (Lipinski definition) is 3. The lowest BCUT2D eigenvalue weighted by molar-refractivity contribution is -0.117. The number of amides is 1. The number of nitrogens with one attached hydrogen (secondary N) is 3. The van der Waals surface area contributed by atoms with E-state index in [2.05, 4.69) is 16.2 Å². The summed E-state index contributed by atoms with van der Waals surface area (Å²) in [6, 6.07) is 12.7. The van der Waals surface area contributed by atoms with Crippen LogP contribution in [-0.4, -0.2) is 18.6 Å². The van der Waals surface area contributed by atoms with E-state index in [4.69, 9.17) is 27.9 Å². The van der Waals surface area contributed by atoms with E-state index >= 15 is 0 Å². The van der Waals surface area contributed by atoms with Gasteiger partial charge in [-0.15, -0.1) is 0 Å². The molecular weight excluding hydrogens is 361 g/mol. The van der Waals surface area contributed by atoms with Gasteiger partial charge < -0.3 is 10.1 Å². The summed E-state index contributed by atoms with van der Waals surface area (Å²) in [5, 5.41) is 3.56. The molecule has 1 heterocycles. The molecule has 5 nitrogen and oxygen atoms in total. The highest BCUT2D eigenvalue weighted by Gasteiger charge is 2.30. The van der Waals surface area contributed by atoms with Crippen molar-refractivity contribution in [1.29, 1.82) is 0 Å². The summed E-state index contributed by atoms with van der Waals surface area (Å²) >= 11 is 12.1. The van der Waals surface area contributed by atoms with Crippen molar-refractivity contribution in [2.75, 3.05) is 11.9 Å². The van der Waals surface area contributed by atoms with E-state index in [0.717, 1.165) is 11.3 Å². The number of benzene rings is 2. The van der Waals surface area contributed by atoms with Crippen LogP contribution in [0.3, 0.4) is 0 Å². The van der Waals surface area contributed by atoms with Crippen LogP contribution in [0.2, 0.25) is 10.0 Å². The van der Waals surface area contributed by atoms with Crippen LogP contribution in [0, 0.1) is 0 Å². The van der Waals surface area contributed by atoms with Crippen LogP contribution in [0.4, 0.5) is 5.69 Å². The van der Waals surface area contributed by atoms with E-state index in [-0.39, 0.29) is 18.0 Å². The van der Waals surface area contributed by atoms with E-state index in [1.807, 2.05) is 31.2 Å². The highest BCUT2D eigenvalue weighted by Crippen LogP contribution is 2.30. The van der Waals surface area contributed by atoms with Gasteiger partial charge in [0.05, 0.1) is 22.3 Å². The summed E-state index contributed by atoms with van der Waals surface area (Å²) in [6.45, 7) is 2.59. The number of hydrazine groups is 1. The van der Waals surface area contributed by atoms with Gasteiger partial charge in [0.15, 0.2) is 0 Å². The quantitative estimate of drug-likeness (QED) is 0.736. The average molecular weight is 380 g/mol. The maximum Gasteiger partial charge on any atom is 0.242 e. The first-order chi connectivity index (χ1) is 12.1. The van der Waals surface area contributed by atoms with Crippen molar-refractivity contribution in [3.05, 3.63) is 58.1 Å². The third kappa shape index (κ3) is 4.25. The van der Waals surface area contributed by atoms with Crippen molar-refractivity contribution < 1.29 is 9.53 Å². The lowest BCUT2D eigenvalue weighted by Gasteiger charge is -2.12. The summed E-state index contributed by atoms with van der Waals surface area (Å²) in [4.78, 5) is 12.5. The number of hydrogen-bond acceptors (Lipinski definition) is 4. The van der Waals surface area contributed by atoms with Crippen molar-refractivity contribution in [3.8, 4) is 5.75 Å². The fourth-order valence-electron chi connectivity index (χ4n) is 2.73. The van der Waals surface area contributed by atoms with Crippen LogP contribution in [0.5, 0.6) is 5.75 Å². The normalized spacial score (nSPS) is 19.6. The summed E-state index contributed by atoms with van der Waals surface area (Å²) < 4.78 is 5.45. The number of carbonyl (C=O) groups excluding carboxylic acids is 1. The number of carbonyl (C=O) groups is 1. The van der Waals surface area contributed by atoms with Gasteiger partial charge in [-0.05, 0) is 43.2 Å². The van der Waals surface area contributed by atoms with E-state index in [0.29, 0.717) is 28.8 Å². The fraction of sp³-hybridized carbons (Fsp3) is 0.278. The minimum atomic E-state index is -0.369. The Balaban J connectivity index is 1.62. The smallest absolute Gasteiger partial charge is 0.242 e. The molecule has 1 saturated heterocycles. The molecule has 0 bridgehead atoms. The lowest BCUT2D eigenvalue weighted by Crippen LogP contribution is -2.39. The van der Waals surface area contributed by atoms with Crippen molar-refractivity contribution in [1.82, 2.24) is 10.9 Å². The van der Waals surface area contributed by atoms with E-state index in [9.17, 15) is 4.79 Å². The van der Waals surface area contributed by atoms with Crippen LogP contribution >= 0.6 is 23.2 Å². The van der Waals surface area contributed by atoms with E-state index < -0.39 is 0 Å². The van der Waals surface area contributed by atoms with Crippen molar-refractivity contribution in [3.63, 3.8) is 0 Å². The Kier molecular flexibility index (Phi) is 5.81. The second kappa shape index (κ2) is 8.06. The highest BCUT2D eigenvalue weighted by molar-refractivity contribution is 6.44. The Labute approximate surface area is 156 Å². The third-order valence-corrected chi connectivity index (χ3v) is 4.84. The molecular formula is C18H19Cl2N3O2. The molecule has 2 unspecified atom stereocenters. The molecule has 3 N–H and O–H groups in total. The first-order valence-electron chi connectivity index (χ1n) is 8.07. The predicted molar refractivity (Wildman–Crippen MR) is 100 cm³/mol. The third-order valence-electron chi connectivity index (χ3n) is 4.02.